The van der Waals surface area contributed by atoms with Crippen molar-refractivity contribution < 1.29 is 33.1 Å². The van der Waals surface area contributed by atoms with Crippen LogP contribution in [0, 0.1) is 6.92 Å². The molecule has 4 rings (SSSR count). The van der Waals surface area contributed by atoms with Gasteiger partial charge in [-0.05, 0) is 96.3 Å². The number of benzene rings is 3. The van der Waals surface area contributed by atoms with Gasteiger partial charge < -0.3 is 24.5 Å². The van der Waals surface area contributed by atoms with Crippen LogP contribution in [-0.2, 0) is 19.1 Å². The molecular weight excluding hydrogens is 572 g/mol. The van der Waals surface area contributed by atoms with Crippen LogP contribution in [0.5, 0.6) is 0 Å². The fraction of sp³-hybridized carbons (Fsp3) is 0.333. The normalized spacial score (nSPS) is 12.3. The first-order valence-corrected chi connectivity index (χ1v) is 14.9. The highest BCUT2D eigenvalue weighted by Gasteiger charge is 2.28. The largest absolute Gasteiger partial charge is 0.460 e. The van der Waals surface area contributed by atoms with Gasteiger partial charge in [-0.25, -0.2) is 4.79 Å². The van der Waals surface area contributed by atoms with E-state index in [2.05, 4.69) is 10.6 Å². The Labute approximate surface area is 263 Å². The van der Waals surface area contributed by atoms with E-state index in [0.717, 1.165) is 22.1 Å². The fourth-order valence-corrected chi connectivity index (χ4v) is 4.66. The molecule has 236 valence electrons. The lowest BCUT2D eigenvalue weighted by atomic mass is 10.0. The first kappa shape index (κ1) is 33.0. The van der Waals surface area contributed by atoms with Gasteiger partial charge in [-0.3, -0.25) is 14.4 Å². The number of aryl methyl sites for hydroxylation is 1. The summed E-state index contributed by atoms with van der Waals surface area (Å²) in [7, 11) is 0. The third kappa shape index (κ3) is 9.04. The van der Waals surface area contributed by atoms with Crippen LogP contribution in [0.1, 0.15) is 80.9 Å². The van der Waals surface area contributed by atoms with Crippen molar-refractivity contribution in [2.24, 2.45) is 0 Å². The van der Waals surface area contributed by atoms with Crippen molar-refractivity contribution in [3.05, 3.63) is 89.7 Å². The Morgan fingerprint density at radius 2 is 1.33 bits per heavy atom. The number of hydrogen-bond acceptors (Lipinski definition) is 7. The second-order valence-electron chi connectivity index (χ2n) is 12.8. The SMILES string of the molecule is Cc1c(C(=O)Nc2ccc(-c3ccc(C(=O)NC(CCC(=O)OC(C)(C)C)C(=O)OC(C)(C)C)cc3)cc2)oc2ccccc12. The van der Waals surface area contributed by atoms with E-state index in [0.29, 0.717) is 16.8 Å². The molecule has 3 aromatic carbocycles. The minimum atomic E-state index is -1.03. The van der Waals surface area contributed by atoms with Crippen LogP contribution in [0.2, 0.25) is 0 Å². The number of ether oxygens (including phenoxy) is 2. The van der Waals surface area contributed by atoms with E-state index in [1.165, 1.54) is 0 Å². The first-order valence-electron chi connectivity index (χ1n) is 14.9. The van der Waals surface area contributed by atoms with Crippen LogP contribution in [0.4, 0.5) is 5.69 Å². The molecule has 1 heterocycles. The van der Waals surface area contributed by atoms with Gasteiger partial charge in [0, 0.05) is 28.6 Å². The molecule has 0 bridgehead atoms. The number of amides is 2. The van der Waals surface area contributed by atoms with Gasteiger partial charge in [0.25, 0.3) is 11.8 Å². The molecule has 9 nitrogen and oxygen atoms in total. The second kappa shape index (κ2) is 13.4. The second-order valence-corrected chi connectivity index (χ2v) is 12.8. The highest BCUT2D eigenvalue weighted by molar-refractivity contribution is 6.06. The highest BCUT2D eigenvalue weighted by Crippen LogP contribution is 2.27. The third-order valence-electron chi connectivity index (χ3n) is 6.73. The Hall–Kier alpha value is -4.92. The molecule has 4 aromatic rings. The number of fused-ring (bicyclic) bond motifs is 1. The Morgan fingerprint density at radius 1 is 0.756 bits per heavy atom. The van der Waals surface area contributed by atoms with Gasteiger partial charge in [0.05, 0.1) is 0 Å². The summed E-state index contributed by atoms with van der Waals surface area (Å²) in [5, 5.41) is 6.49. The quantitative estimate of drug-likeness (QED) is 0.191. The van der Waals surface area contributed by atoms with E-state index in [-0.39, 0.29) is 24.5 Å². The van der Waals surface area contributed by atoms with Gasteiger partial charge in [0.1, 0.15) is 22.8 Å². The summed E-state index contributed by atoms with van der Waals surface area (Å²) in [5.41, 5.74) is 2.70. The van der Waals surface area contributed by atoms with Crippen molar-refractivity contribution in [1.82, 2.24) is 5.32 Å². The highest BCUT2D eigenvalue weighted by atomic mass is 16.6. The Bertz CT molecular complexity index is 1690. The Balaban J connectivity index is 1.40. The van der Waals surface area contributed by atoms with E-state index < -0.39 is 35.1 Å². The lowest BCUT2D eigenvalue weighted by Gasteiger charge is -2.25. The summed E-state index contributed by atoms with van der Waals surface area (Å²) in [5.74, 6) is -1.63. The topological polar surface area (TPSA) is 124 Å². The number of anilines is 1. The summed E-state index contributed by atoms with van der Waals surface area (Å²) in [6.07, 6.45) is -0.0266. The summed E-state index contributed by atoms with van der Waals surface area (Å²) in [4.78, 5) is 51.1. The van der Waals surface area contributed by atoms with Crippen LogP contribution >= 0.6 is 0 Å². The lowest BCUT2D eigenvalue weighted by Crippen LogP contribution is -2.44. The molecular formula is C36H40N2O7. The summed E-state index contributed by atoms with van der Waals surface area (Å²) < 4.78 is 16.6. The molecule has 2 amide bonds. The zero-order valence-electron chi connectivity index (χ0n) is 26.8. The molecule has 0 aliphatic heterocycles. The molecule has 1 unspecified atom stereocenters. The molecule has 1 aromatic heterocycles. The maximum atomic E-state index is 13.1. The van der Waals surface area contributed by atoms with Crippen molar-refractivity contribution in [1.29, 1.82) is 0 Å². The molecule has 1 atom stereocenters. The molecule has 0 fully saturated rings. The van der Waals surface area contributed by atoms with E-state index in [9.17, 15) is 19.2 Å². The predicted octanol–water partition coefficient (Wildman–Crippen LogP) is 7.22. The van der Waals surface area contributed by atoms with Crippen molar-refractivity contribution in [3.8, 4) is 11.1 Å². The summed E-state index contributed by atoms with van der Waals surface area (Å²) in [6.45, 7) is 12.3. The standard InChI is InChI=1S/C36H40N2O7/c1-22-27-10-8-9-11-29(27)43-31(22)33(41)37-26-18-16-24(17-19-26)23-12-14-25(15-13-23)32(40)38-28(34(42)45-36(5,6)7)20-21-30(39)44-35(2,3)4/h8-19,28H,20-21H2,1-7H3,(H,37,41)(H,38,40). The van der Waals surface area contributed by atoms with E-state index in [1.807, 2.05) is 43.3 Å². The maximum Gasteiger partial charge on any atom is 0.329 e. The molecule has 0 aliphatic carbocycles. The third-order valence-corrected chi connectivity index (χ3v) is 6.73. The summed E-state index contributed by atoms with van der Waals surface area (Å²) >= 11 is 0. The zero-order chi connectivity index (χ0) is 32.9. The van der Waals surface area contributed by atoms with Crippen LogP contribution in [-0.4, -0.2) is 41.0 Å². The smallest absolute Gasteiger partial charge is 0.329 e. The number of carbonyl (C=O) groups excluding carboxylic acids is 4. The van der Waals surface area contributed by atoms with Gasteiger partial charge in [0.2, 0.25) is 0 Å². The van der Waals surface area contributed by atoms with Crippen molar-refractivity contribution in [2.75, 3.05) is 5.32 Å². The number of esters is 2. The number of hydrogen-bond donors (Lipinski definition) is 2. The molecule has 0 radical (unpaired) electrons. The van der Waals surface area contributed by atoms with E-state index >= 15 is 0 Å². The minimum Gasteiger partial charge on any atom is -0.460 e. The first-order chi connectivity index (χ1) is 21.1. The molecule has 9 heteroatoms. The van der Waals surface area contributed by atoms with E-state index in [1.54, 1.807) is 77.9 Å². The van der Waals surface area contributed by atoms with Crippen molar-refractivity contribution >= 4 is 40.4 Å². The predicted molar refractivity (Wildman–Crippen MR) is 173 cm³/mol. The van der Waals surface area contributed by atoms with Gasteiger partial charge in [-0.2, -0.15) is 0 Å². The van der Waals surface area contributed by atoms with Crippen molar-refractivity contribution in [2.45, 2.75) is 78.6 Å². The summed E-state index contributed by atoms with van der Waals surface area (Å²) in [6, 6.07) is 20.7. The minimum absolute atomic E-state index is 0.0342. The zero-order valence-corrected chi connectivity index (χ0v) is 26.8. The molecule has 0 aliphatic rings. The van der Waals surface area contributed by atoms with Crippen molar-refractivity contribution in [3.63, 3.8) is 0 Å². The van der Waals surface area contributed by atoms with Crippen LogP contribution in [0.25, 0.3) is 22.1 Å². The molecule has 0 saturated heterocycles. The number of para-hydroxylation sites is 1. The monoisotopic (exact) mass is 612 g/mol. The Kier molecular flexibility index (Phi) is 9.81. The van der Waals surface area contributed by atoms with Crippen LogP contribution in [0.15, 0.2) is 77.2 Å². The van der Waals surface area contributed by atoms with Gasteiger partial charge in [0.15, 0.2) is 5.76 Å². The average Bonchev–Trinajstić information content (AvgIpc) is 3.30. The molecule has 2 N–H and O–H groups in total. The fourth-order valence-electron chi connectivity index (χ4n) is 4.66. The van der Waals surface area contributed by atoms with Crippen LogP contribution in [0.3, 0.4) is 0 Å². The van der Waals surface area contributed by atoms with E-state index in [4.69, 9.17) is 13.9 Å². The molecule has 45 heavy (non-hydrogen) atoms. The number of rotatable bonds is 9. The number of furan rings is 1. The number of nitrogens with one attached hydrogen (secondary N) is 2. The van der Waals surface area contributed by atoms with Crippen LogP contribution < -0.4 is 10.6 Å². The molecule has 0 spiro atoms. The maximum absolute atomic E-state index is 13.1. The average molecular weight is 613 g/mol. The lowest BCUT2D eigenvalue weighted by molar-refractivity contribution is -0.158. The van der Waals surface area contributed by atoms with Gasteiger partial charge in [-0.1, -0.05) is 42.5 Å². The Morgan fingerprint density at radius 3 is 1.91 bits per heavy atom. The van der Waals surface area contributed by atoms with Gasteiger partial charge >= 0.3 is 11.9 Å². The molecule has 0 saturated carbocycles. The van der Waals surface area contributed by atoms with Gasteiger partial charge in [-0.15, -0.1) is 0 Å². The number of carbonyl (C=O) groups is 4.